The zero-order valence-electron chi connectivity index (χ0n) is 15.5. The van der Waals surface area contributed by atoms with Gasteiger partial charge in [-0.25, -0.2) is 4.79 Å². The van der Waals surface area contributed by atoms with Gasteiger partial charge in [0.1, 0.15) is 12.4 Å². The van der Waals surface area contributed by atoms with Crippen molar-refractivity contribution in [3.05, 3.63) is 83.8 Å². The van der Waals surface area contributed by atoms with Crippen molar-refractivity contribution in [2.75, 3.05) is 19.8 Å². The molecule has 5 heteroatoms. The van der Waals surface area contributed by atoms with Gasteiger partial charge in [-0.15, -0.1) is 0 Å². The van der Waals surface area contributed by atoms with E-state index >= 15 is 0 Å². The monoisotopic (exact) mass is 377 g/mol. The van der Waals surface area contributed by atoms with Gasteiger partial charge >= 0.3 is 6.09 Å². The van der Waals surface area contributed by atoms with Crippen molar-refractivity contribution in [1.82, 2.24) is 5.32 Å². The molecular formula is C23H23NO4. The second kappa shape index (κ2) is 8.31. The third-order valence-corrected chi connectivity index (χ3v) is 5.21. The lowest BCUT2D eigenvalue weighted by atomic mass is 9.98. The van der Waals surface area contributed by atoms with Crippen molar-refractivity contribution >= 4 is 6.09 Å². The van der Waals surface area contributed by atoms with E-state index in [1.165, 1.54) is 22.3 Å². The lowest BCUT2D eigenvalue weighted by molar-refractivity contribution is 0.138. The molecule has 1 amide bonds. The van der Waals surface area contributed by atoms with E-state index in [9.17, 15) is 9.90 Å². The Balaban J connectivity index is 1.35. The molecule has 1 heterocycles. The summed E-state index contributed by atoms with van der Waals surface area (Å²) in [6.45, 7) is 0.570. The number of alkyl carbamates (subject to hydrolysis) is 1. The van der Waals surface area contributed by atoms with Crippen LogP contribution in [0.25, 0.3) is 11.1 Å². The molecule has 0 saturated carbocycles. The third-order valence-electron chi connectivity index (χ3n) is 5.21. The molecule has 0 radical (unpaired) electrons. The fraction of sp³-hybridized carbons (Fsp3) is 0.261. The van der Waals surface area contributed by atoms with Crippen LogP contribution in [-0.4, -0.2) is 31.0 Å². The Morgan fingerprint density at radius 1 is 1.04 bits per heavy atom. The van der Waals surface area contributed by atoms with Crippen molar-refractivity contribution in [1.29, 1.82) is 0 Å². The normalized spacial score (nSPS) is 13.6. The quantitative estimate of drug-likeness (QED) is 0.654. The fourth-order valence-corrected chi connectivity index (χ4v) is 3.79. The van der Waals surface area contributed by atoms with E-state index in [1.807, 2.05) is 36.4 Å². The summed E-state index contributed by atoms with van der Waals surface area (Å²) >= 11 is 0. The fourth-order valence-electron chi connectivity index (χ4n) is 3.79. The summed E-state index contributed by atoms with van der Waals surface area (Å²) in [6.07, 6.45) is 1.69. The zero-order valence-corrected chi connectivity index (χ0v) is 15.5. The Bertz CT molecular complexity index is 890. The molecule has 1 atom stereocenters. The smallest absolute Gasteiger partial charge is 0.407 e. The molecule has 0 fully saturated rings. The molecule has 0 spiro atoms. The molecule has 28 heavy (non-hydrogen) atoms. The molecule has 2 N–H and O–H groups in total. The summed E-state index contributed by atoms with van der Waals surface area (Å²) < 4.78 is 10.8. The molecule has 5 nitrogen and oxygen atoms in total. The first-order valence-corrected chi connectivity index (χ1v) is 9.48. The van der Waals surface area contributed by atoms with Crippen LogP contribution in [0.4, 0.5) is 4.79 Å². The van der Waals surface area contributed by atoms with Gasteiger partial charge in [-0.1, -0.05) is 48.5 Å². The van der Waals surface area contributed by atoms with E-state index in [1.54, 1.807) is 6.26 Å². The van der Waals surface area contributed by atoms with Gasteiger partial charge in [0.2, 0.25) is 0 Å². The maximum atomic E-state index is 12.2. The highest BCUT2D eigenvalue weighted by Crippen LogP contribution is 2.44. The molecule has 3 aromatic rings. The van der Waals surface area contributed by atoms with E-state index in [4.69, 9.17) is 9.15 Å². The van der Waals surface area contributed by atoms with Crippen molar-refractivity contribution in [2.45, 2.75) is 12.3 Å². The van der Waals surface area contributed by atoms with Crippen LogP contribution in [-0.2, 0) is 11.2 Å². The largest absolute Gasteiger partial charge is 0.469 e. The number of ether oxygens (including phenoxy) is 1. The van der Waals surface area contributed by atoms with Gasteiger partial charge in [0.25, 0.3) is 0 Å². The number of furan rings is 1. The van der Waals surface area contributed by atoms with E-state index in [0.29, 0.717) is 13.0 Å². The minimum Gasteiger partial charge on any atom is -0.469 e. The zero-order chi connectivity index (χ0) is 19.3. The SMILES string of the molecule is O=C(NCC(CO)Cc1ccco1)OCC1c2ccccc2-c2ccccc21. The highest BCUT2D eigenvalue weighted by atomic mass is 16.5. The summed E-state index contributed by atoms with van der Waals surface area (Å²) in [5.74, 6) is 0.704. The number of hydrogen-bond acceptors (Lipinski definition) is 4. The Morgan fingerprint density at radius 2 is 1.71 bits per heavy atom. The highest BCUT2D eigenvalue weighted by molar-refractivity contribution is 5.79. The number of fused-ring (bicyclic) bond motifs is 3. The number of carbonyl (C=O) groups excluding carboxylic acids is 1. The van der Waals surface area contributed by atoms with Crippen molar-refractivity contribution in [3.8, 4) is 11.1 Å². The van der Waals surface area contributed by atoms with Crippen molar-refractivity contribution in [3.63, 3.8) is 0 Å². The van der Waals surface area contributed by atoms with Gasteiger partial charge in [-0.05, 0) is 34.4 Å². The number of carbonyl (C=O) groups is 1. The number of hydrogen-bond donors (Lipinski definition) is 2. The molecule has 0 aliphatic heterocycles. The molecular weight excluding hydrogens is 354 g/mol. The molecule has 0 saturated heterocycles. The van der Waals surface area contributed by atoms with Gasteiger partial charge in [-0.3, -0.25) is 0 Å². The molecule has 4 rings (SSSR count). The predicted molar refractivity (Wildman–Crippen MR) is 106 cm³/mol. The Labute approximate surface area is 164 Å². The second-order valence-corrected chi connectivity index (χ2v) is 7.04. The van der Waals surface area contributed by atoms with Crippen molar-refractivity contribution < 1.29 is 19.1 Å². The maximum Gasteiger partial charge on any atom is 0.407 e. The van der Waals surface area contributed by atoms with Crippen LogP contribution < -0.4 is 5.32 Å². The molecule has 0 bridgehead atoms. The molecule has 1 aliphatic rings. The lowest BCUT2D eigenvalue weighted by Gasteiger charge is -2.16. The number of nitrogens with one attached hydrogen (secondary N) is 1. The second-order valence-electron chi connectivity index (χ2n) is 7.04. The third kappa shape index (κ3) is 3.80. The summed E-state index contributed by atoms with van der Waals surface area (Å²) in [7, 11) is 0. The Hall–Kier alpha value is -3.05. The minimum absolute atomic E-state index is 0.0370. The van der Waals surface area contributed by atoms with E-state index in [2.05, 4.69) is 29.6 Å². The first kappa shape index (κ1) is 18.3. The molecule has 1 aromatic heterocycles. The van der Waals surface area contributed by atoms with Crippen LogP contribution in [0.15, 0.2) is 71.3 Å². The van der Waals surface area contributed by atoms with E-state index in [-0.39, 0.29) is 25.0 Å². The molecule has 1 aliphatic carbocycles. The average molecular weight is 377 g/mol. The van der Waals surface area contributed by atoms with Crippen LogP contribution in [0, 0.1) is 5.92 Å². The highest BCUT2D eigenvalue weighted by Gasteiger charge is 2.29. The summed E-state index contributed by atoms with van der Waals surface area (Å²) in [6, 6.07) is 20.1. The van der Waals surface area contributed by atoms with Gasteiger partial charge in [0.05, 0.1) is 6.26 Å². The number of amides is 1. The van der Waals surface area contributed by atoms with Crippen molar-refractivity contribution in [2.24, 2.45) is 5.92 Å². The number of aliphatic hydroxyl groups is 1. The topological polar surface area (TPSA) is 71.7 Å². The van der Waals surface area contributed by atoms with Gasteiger partial charge < -0.3 is 19.6 Å². The number of rotatable bonds is 7. The summed E-state index contributed by atoms with van der Waals surface area (Å²) in [5.41, 5.74) is 4.77. The predicted octanol–water partition coefficient (Wildman–Crippen LogP) is 3.97. The summed E-state index contributed by atoms with van der Waals surface area (Å²) in [5, 5.41) is 12.3. The van der Waals surface area contributed by atoms with Crippen LogP contribution in [0.3, 0.4) is 0 Å². The first-order chi connectivity index (χ1) is 13.8. The Morgan fingerprint density at radius 3 is 2.32 bits per heavy atom. The molecule has 2 aromatic carbocycles. The van der Waals surface area contributed by atoms with Crippen LogP contribution in [0.2, 0.25) is 0 Å². The number of aliphatic hydroxyl groups excluding tert-OH is 1. The van der Waals surface area contributed by atoms with Crippen LogP contribution >= 0.6 is 0 Å². The van der Waals surface area contributed by atoms with Crippen LogP contribution in [0.1, 0.15) is 22.8 Å². The van der Waals surface area contributed by atoms with Gasteiger partial charge in [-0.2, -0.15) is 0 Å². The Kier molecular flexibility index (Phi) is 5.44. The standard InChI is InChI=1S/C23H23NO4/c25-14-16(12-17-6-5-11-27-17)13-24-23(26)28-15-22-20-9-3-1-7-18(20)19-8-2-4-10-21(19)22/h1-11,16,22,25H,12-15H2,(H,24,26). The van der Waals surface area contributed by atoms with Gasteiger partial charge in [0.15, 0.2) is 0 Å². The van der Waals surface area contributed by atoms with Crippen LogP contribution in [0.5, 0.6) is 0 Å². The average Bonchev–Trinajstić information content (AvgIpc) is 3.35. The lowest BCUT2D eigenvalue weighted by Crippen LogP contribution is -2.33. The summed E-state index contributed by atoms with van der Waals surface area (Å²) in [4.78, 5) is 12.2. The molecule has 1 unspecified atom stereocenters. The molecule has 144 valence electrons. The van der Waals surface area contributed by atoms with E-state index in [0.717, 1.165) is 5.76 Å². The first-order valence-electron chi connectivity index (χ1n) is 9.48. The maximum absolute atomic E-state index is 12.2. The number of benzene rings is 2. The van der Waals surface area contributed by atoms with E-state index < -0.39 is 6.09 Å². The van der Waals surface area contributed by atoms with Gasteiger partial charge in [0, 0.05) is 31.4 Å². The minimum atomic E-state index is -0.472.